The molecule has 158 valence electrons. The number of aryl methyl sites for hydroxylation is 2. The van der Waals surface area contributed by atoms with Crippen LogP contribution in [0.25, 0.3) is 10.2 Å². The van der Waals surface area contributed by atoms with Crippen LogP contribution >= 0.6 is 11.3 Å². The van der Waals surface area contributed by atoms with Crippen molar-refractivity contribution < 1.29 is 14.3 Å². The van der Waals surface area contributed by atoms with Crippen LogP contribution in [-0.4, -0.2) is 60.8 Å². The minimum atomic E-state index is -0.128. The Labute approximate surface area is 175 Å². The van der Waals surface area contributed by atoms with E-state index < -0.39 is 0 Å². The van der Waals surface area contributed by atoms with E-state index in [9.17, 15) is 4.79 Å². The maximum Gasteiger partial charge on any atom is 0.305 e. The number of fused-ring (bicyclic) bond motifs is 3. The second kappa shape index (κ2) is 9.82. The highest BCUT2D eigenvalue weighted by Gasteiger charge is 2.23. The molecule has 0 spiro atoms. The van der Waals surface area contributed by atoms with Crippen molar-refractivity contribution in [3.8, 4) is 0 Å². The first kappa shape index (κ1) is 20.5. The highest BCUT2D eigenvalue weighted by Crippen LogP contribution is 2.39. The van der Waals surface area contributed by atoms with Crippen molar-refractivity contribution in [2.75, 3.05) is 45.3 Å². The average Bonchev–Trinajstić information content (AvgIpc) is 3.32. The highest BCUT2D eigenvalue weighted by atomic mass is 32.1. The summed E-state index contributed by atoms with van der Waals surface area (Å²) in [5, 5.41) is 4.82. The zero-order valence-electron chi connectivity index (χ0n) is 17.2. The van der Waals surface area contributed by atoms with Gasteiger partial charge in [-0.2, -0.15) is 0 Å². The van der Waals surface area contributed by atoms with Crippen LogP contribution in [0, 0.1) is 0 Å². The summed E-state index contributed by atoms with van der Waals surface area (Å²) in [6.07, 6.45) is 6.91. The van der Waals surface area contributed by atoms with E-state index in [0.29, 0.717) is 6.42 Å². The lowest BCUT2D eigenvalue weighted by Crippen LogP contribution is -2.36. The highest BCUT2D eigenvalue weighted by molar-refractivity contribution is 7.19. The first-order chi connectivity index (χ1) is 14.2. The molecule has 2 aromatic rings. The number of carbonyl (C=O) groups excluding carboxylic acids is 1. The number of hydrogen-bond donors (Lipinski definition) is 1. The molecule has 0 radical (unpaired) electrons. The first-order valence-corrected chi connectivity index (χ1v) is 11.5. The van der Waals surface area contributed by atoms with Crippen LogP contribution < -0.4 is 5.32 Å². The van der Waals surface area contributed by atoms with Crippen LogP contribution in [0.4, 0.5) is 5.82 Å². The Bertz CT molecular complexity index is 848. The van der Waals surface area contributed by atoms with Gasteiger partial charge in [0.2, 0.25) is 0 Å². The second-order valence-electron chi connectivity index (χ2n) is 7.73. The van der Waals surface area contributed by atoms with Gasteiger partial charge in [-0.05, 0) is 37.7 Å². The van der Waals surface area contributed by atoms with Crippen molar-refractivity contribution in [1.82, 2.24) is 14.9 Å². The van der Waals surface area contributed by atoms with Gasteiger partial charge in [-0.15, -0.1) is 11.3 Å². The van der Waals surface area contributed by atoms with Gasteiger partial charge in [-0.25, -0.2) is 9.97 Å². The van der Waals surface area contributed by atoms with Gasteiger partial charge in [-0.3, -0.25) is 9.69 Å². The minimum Gasteiger partial charge on any atom is -0.469 e. The number of unbranched alkanes of at least 4 members (excludes halogenated alkanes) is 2. The maximum absolute atomic E-state index is 11.2. The molecular weight excluding hydrogens is 388 g/mol. The molecule has 7 nitrogen and oxygen atoms in total. The van der Waals surface area contributed by atoms with Crippen molar-refractivity contribution in [2.45, 2.75) is 51.5 Å². The molecule has 1 aliphatic carbocycles. The molecule has 0 unspecified atom stereocenters. The predicted molar refractivity (Wildman–Crippen MR) is 115 cm³/mol. The van der Waals surface area contributed by atoms with Gasteiger partial charge in [-0.1, -0.05) is 6.42 Å². The number of methoxy groups -OCH3 is 1. The molecule has 0 atom stereocenters. The summed E-state index contributed by atoms with van der Waals surface area (Å²) < 4.78 is 10.2. The number of nitrogens with one attached hydrogen (secondary N) is 1. The molecule has 1 saturated heterocycles. The normalized spacial score (nSPS) is 16.9. The molecule has 0 bridgehead atoms. The summed E-state index contributed by atoms with van der Waals surface area (Å²) in [4.78, 5) is 26.0. The van der Waals surface area contributed by atoms with E-state index >= 15 is 0 Å². The van der Waals surface area contributed by atoms with Gasteiger partial charge in [0, 0.05) is 30.9 Å². The van der Waals surface area contributed by atoms with Crippen molar-refractivity contribution in [2.24, 2.45) is 0 Å². The number of rotatable bonds is 9. The number of thiophene rings is 1. The molecule has 1 fully saturated rings. The van der Waals surface area contributed by atoms with E-state index in [0.717, 1.165) is 81.5 Å². The van der Waals surface area contributed by atoms with E-state index in [1.165, 1.54) is 35.8 Å². The molecule has 2 aromatic heterocycles. The SMILES string of the molecule is COC(=O)CCCCCNc1nc(CN2CCOCC2)nc2sc3c(c12)CCC3. The molecule has 0 aromatic carbocycles. The van der Waals surface area contributed by atoms with Crippen molar-refractivity contribution >= 4 is 33.3 Å². The number of nitrogens with zero attached hydrogens (tertiary/aromatic N) is 3. The first-order valence-electron chi connectivity index (χ1n) is 10.7. The van der Waals surface area contributed by atoms with Crippen LogP contribution in [0.5, 0.6) is 0 Å². The molecule has 1 N–H and O–H groups in total. The van der Waals surface area contributed by atoms with Gasteiger partial charge in [0.25, 0.3) is 0 Å². The van der Waals surface area contributed by atoms with Crippen molar-refractivity contribution in [3.05, 3.63) is 16.3 Å². The van der Waals surface area contributed by atoms with Gasteiger partial charge < -0.3 is 14.8 Å². The fourth-order valence-electron chi connectivity index (χ4n) is 4.08. The third kappa shape index (κ3) is 5.05. The summed E-state index contributed by atoms with van der Waals surface area (Å²) in [5.41, 5.74) is 1.45. The van der Waals surface area contributed by atoms with E-state index in [1.54, 1.807) is 0 Å². The lowest BCUT2D eigenvalue weighted by molar-refractivity contribution is -0.140. The number of hydrogen-bond acceptors (Lipinski definition) is 8. The Balaban J connectivity index is 1.44. The Kier molecular flexibility index (Phi) is 6.94. The summed E-state index contributed by atoms with van der Waals surface area (Å²) in [6, 6.07) is 0. The van der Waals surface area contributed by atoms with Gasteiger partial charge >= 0.3 is 5.97 Å². The summed E-state index contributed by atoms with van der Waals surface area (Å²) in [6.45, 7) is 5.07. The van der Waals surface area contributed by atoms with Crippen molar-refractivity contribution in [1.29, 1.82) is 0 Å². The zero-order valence-corrected chi connectivity index (χ0v) is 18.0. The van der Waals surface area contributed by atoms with E-state index in [-0.39, 0.29) is 5.97 Å². The van der Waals surface area contributed by atoms with E-state index in [2.05, 4.69) is 10.2 Å². The van der Waals surface area contributed by atoms with Gasteiger partial charge in [0.1, 0.15) is 16.5 Å². The Morgan fingerprint density at radius 3 is 2.90 bits per heavy atom. The molecule has 3 heterocycles. The summed E-state index contributed by atoms with van der Waals surface area (Å²) in [5.74, 6) is 1.76. The number of aromatic nitrogens is 2. The molecule has 2 aliphatic rings. The van der Waals surface area contributed by atoms with Crippen LogP contribution in [-0.2, 0) is 33.7 Å². The lowest BCUT2D eigenvalue weighted by Gasteiger charge is -2.25. The topological polar surface area (TPSA) is 76.6 Å². The molecular formula is C21H30N4O3S. The largest absolute Gasteiger partial charge is 0.469 e. The molecule has 29 heavy (non-hydrogen) atoms. The number of carbonyl (C=O) groups is 1. The summed E-state index contributed by atoms with van der Waals surface area (Å²) >= 11 is 1.84. The summed E-state index contributed by atoms with van der Waals surface area (Å²) in [7, 11) is 1.44. The second-order valence-corrected chi connectivity index (χ2v) is 8.81. The fourth-order valence-corrected chi connectivity index (χ4v) is 5.36. The Morgan fingerprint density at radius 2 is 2.07 bits per heavy atom. The quantitative estimate of drug-likeness (QED) is 0.495. The number of anilines is 1. The smallest absolute Gasteiger partial charge is 0.305 e. The molecule has 0 amide bonds. The minimum absolute atomic E-state index is 0.128. The number of morpholine rings is 1. The monoisotopic (exact) mass is 418 g/mol. The van der Waals surface area contributed by atoms with Gasteiger partial charge in [0.15, 0.2) is 0 Å². The van der Waals surface area contributed by atoms with Crippen LogP contribution in [0.1, 0.15) is 48.4 Å². The van der Waals surface area contributed by atoms with Crippen LogP contribution in [0.15, 0.2) is 0 Å². The third-order valence-electron chi connectivity index (χ3n) is 5.66. The maximum atomic E-state index is 11.2. The molecule has 1 aliphatic heterocycles. The Morgan fingerprint density at radius 1 is 1.21 bits per heavy atom. The number of ether oxygens (including phenoxy) is 2. The van der Waals surface area contributed by atoms with Crippen molar-refractivity contribution in [3.63, 3.8) is 0 Å². The van der Waals surface area contributed by atoms with E-state index in [4.69, 9.17) is 19.4 Å². The standard InChI is InChI=1S/C21H30N4O3S/c1-27-18(26)8-3-2-4-9-22-20-19-15-6-5-7-16(15)29-21(19)24-17(23-20)14-25-10-12-28-13-11-25/h2-14H2,1H3,(H,22,23,24). The predicted octanol–water partition coefficient (Wildman–Crippen LogP) is 3.16. The van der Waals surface area contributed by atoms with Crippen LogP contribution in [0.2, 0.25) is 0 Å². The zero-order chi connectivity index (χ0) is 20.1. The fraction of sp³-hybridized carbons (Fsp3) is 0.667. The van der Waals surface area contributed by atoms with Crippen LogP contribution in [0.3, 0.4) is 0 Å². The van der Waals surface area contributed by atoms with E-state index in [1.807, 2.05) is 11.3 Å². The van der Waals surface area contributed by atoms with Gasteiger partial charge in [0.05, 0.1) is 32.3 Å². The Hall–Kier alpha value is -1.77. The average molecular weight is 419 g/mol. The third-order valence-corrected chi connectivity index (χ3v) is 6.84. The lowest BCUT2D eigenvalue weighted by atomic mass is 10.1. The molecule has 8 heteroatoms. The molecule has 4 rings (SSSR count). The number of esters is 1. The molecule has 0 saturated carbocycles.